The van der Waals surface area contributed by atoms with Crippen LogP contribution in [0.2, 0.25) is 15.7 Å². The second-order valence-electron chi connectivity index (χ2n) is 33.6. The summed E-state index contributed by atoms with van der Waals surface area (Å²) in [5.41, 5.74) is 8.36. The number of aromatic nitrogens is 4. The van der Waals surface area contributed by atoms with E-state index in [9.17, 15) is 0 Å². The van der Waals surface area contributed by atoms with Gasteiger partial charge in [0.05, 0.1) is 50.4 Å². The minimum Gasteiger partial charge on any atom is -0.537 e. The monoisotopic (exact) mass is 1950 g/mol. The van der Waals surface area contributed by atoms with Crippen molar-refractivity contribution < 1.29 is 37.6 Å². The van der Waals surface area contributed by atoms with Gasteiger partial charge in [-0.25, -0.2) is 19.9 Å². The molecule has 0 aliphatic carbocycles. The largest absolute Gasteiger partial charge is 0.569 e. The van der Waals surface area contributed by atoms with Crippen molar-refractivity contribution in [2.24, 2.45) is 0 Å². The number of hydrogen-bond donors (Lipinski definition) is 1. The van der Waals surface area contributed by atoms with E-state index >= 15 is 0 Å². The number of fused-ring (bicyclic) bond motifs is 10. The summed E-state index contributed by atoms with van der Waals surface area (Å²) in [7, 11) is -0.606. The van der Waals surface area contributed by atoms with Crippen LogP contribution in [0.3, 0.4) is 0 Å². The van der Waals surface area contributed by atoms with Gasteiger partial charge < -0.3 is 37.6 Å². The summed E-state index contributed by atoms with van der Waals surface area (Å²) in [5.74, 6) is 0.639. The third-order valence-electron chi connectivity index (χ3n) is 23.5. The van der Waals surface area contributed by atoms with E-state index in [4.69, 9.17) is 67.8 Å². The van der Waals surface area contributed by atoms with E-state index in [0.29, 0.717) is 18.6 Å². The quantitative estimate of drug-likeness (QED) is 0.0881. The van der Waals surface area contributed by atoms with Crippen molar-refractivity contribution in [3.63, 3.8) is 0 Å². The van der Waals surface area contributed by atoms with E-state index in [0.717, 1.165) is 60.7 Å². The highest BCUT2D eigenvalue weighted by Gasteiger charge is 2.64. The predicted molar refractivity (Wildman–Crippen MR) is 542 cm³/mol. The Labute approximate surface area is 785 Å². The number of halogens is 6. The Bertz CT molecular complexity index is 6810. The highest BCUT2D eigenvalue weighted by atomic mass is 79.9. The molecule has 631 valence electrons. The zero-order chi connectivity index (χ0) is 88.9. The van der Waals surface area contributed by atoms with Crippen LogP contribution in [0.1, 0.15) is 83.1 Å². The molecule has 3 aliphatic rings. The zero-order valence-electron chi connectivity index (χ0n) is 71.5. The second-order valence-corrected chi connectivity index (χ2v) is 39.4. The average molecular weight is 1950 g/mol. The van der Waals surface area contributed by atoms with Gasteiger partial charge in [0.15, 0.2) is 0 Å². The Kier molecular flexibility index (Phi) is 28.3. The fourth-order valence-corrected chi connectivity index (χ4v) is 18.6. The molecular weight excluding hydrogens is 1860 g/mol. The third-order valence-corrected chi connectivity index (χ3v) is 27.7. The van der Waals surface area contributed by atoms with Crippen molar-refractivity contribution in [3.05, 3.63) is 345 Å². The van der Waals surface area contributed by atoms with Gasteiger partial charge >= 0.3 is 28.8 Å². The molecule has 0 amide bonds. The van der Waals surface area contributed by atoms with Crippen LogP contribution >= 0.6 is 105 Å². The molecule has 1 N–H and O–H groups in total. The van der Waals surface area contributed by atoms with Crippen LogP contribution in [0, 0.1) is 0 Å². The van der Waals surface area contributed by atoms with Crippen LogP contribution in [0.5, 0.6) is 5.75 Å². The molecule has 14 aromatic carbocycles. The first kappa shape index (κ1) is 91.6. The lowest BCUT2D eigenvalue weighted by Crippen LogP contribution is -2.41. The maximum atomic E-state index is 8.17. The molecular formula is C102H89B4Br3Cl3N4O8S2. The normalized spacial score (nSPS) is 15.4. The Hall–Kier alpha value is -9.19. The van der Waals surface area contributed by atoms with E-state index in [-0.39, 0.29) is 51.3 Å². The highest BCUT2D eigenvalue weighted by molar-refractivity contribution is 9.11. The van der Waals surface area contributed by atoms with Crippen molar-refractivity contribution in [2.75, 3.05) is 0 Å². The molecule has 0 unspecified atom stereocenters. The van der Waals surface area contributed by atoms with Crippen LogP contribution in [-0.2, 0) is 27.9 Å². The number of thiophene rings is 2. The highest BCUT2D eigenvalue weighted by Crippen LogP contribution is 2.46. The Balaban J connectivity index is 0.000000117. The maximum Gasteiger partial charge on any atom is 0.569 e. The first-order valence-corrected chi connectivity index (χ1v) is 46.3. The summed E-state index contributed by atoms with van der Waals surface area (Å²) in [6.07, 6.45) is 0. The minimum absolute atomic E-state index is 0.194. The van der Waals surface area contributed by atoms with Crippen molar-refractivity contribution >= 4 is 223 Å². The van der Waals surface area contributed by atoms with Crippen molar-refractivity contribution in [2.45, 2.75) is 117 Å². The van der Waals surface area contributed by atoms with Gasteiger partial charge in [0.25, 0.3) is 0 Å². The van der Waals surface area contributed by atoms with Gasteiger partial charge in [-0.15, -0.1) is 22.7 Å². The smallest absolute Gasteiger partial charge is 0.537 e. The maximum absolute atomic E-state index is 8.17. The third kappa shape index (κ3) is 21.2. The van der Waals surface area contributed by atoms with Crippen LogP contribution in [0.4, 0.5) is 0 Å². The lowest BCUT2D eigenvalue weighted by atomic mass is 9.49. The van der Waals surface area contributed by atoms with Crippen molar-refractivity contribution in [3.8, 4) is 50.4 Å². The fraction of sp³-hybridized carbons (Fsp3) is 0.176. The molecule has 0 atom stereocenters. The van der Waals surface area contributed by atoms with E-state index in [1.807, 2.05) is 122 Å². The number of para-hydroxylation sites is 1. The van der Waals surface area contributed by atoms with E-state index in [1.54, 1.807) is 34.8 Å². The lowest BCUT2D eigenvalue weighted by molar-refractivity contribution is 0.00578. The predicted octanol–water partition coefficient (Wildman–Crippen LogP) is 29.4. The molecule has 0 bridgehead atoms. The Morgan fingerprint density at radius 2 is 0.627 bits per heavy atom. The molecule has 21 rings (SSSR count). The SMILES string of the molecule is Brc1ccc2cc(-c3ccccc3)ccc2c1.Brc1ccc2cc(Br)ccc2c1.CC1(C)OB(B2OC(C)(C)C(C)(C)O2)OC1(C)C.CC1(C)OB(c2ccc3cc(-c4ccccc4)ccc3c2)OC1(C)C.Clc1nc(-c2ccc3cc(-c4ccccc4)ccc3c2)c2c(n1)sc1ccccc12.Clc1nc(Cl)c2c(n1)sc1ccccc12.O[B]Oc1ccccc1. The van der Waals surface area contributed by atoms with Gasteiger partial charge in [0, 0.05) is 44.5 Å². The molecule has 7 heterocycles. The summed E-state index contributed by atoms with van der Waals surface area (Å²) in [6.45, 7) is 24.5. The molecule has 126 heavy (non-hydrogen) atoms. The fourth-order valence-electron chi connectivity index (χ4n) is 14.5. The van der Waals surface area contributed by atoms with E-state index in [2.05, 4.69) is 337 Å². The molecule has 4 aromatic heterocycles. The molecule has 18 aromatic rings. The van der Waals surface area contributed by atoms with Crippen molar-refractivity contribution in [1.82, 2.24) is 19.9 Å². The molecule has 3 saturated heterocycles. The van der Waals surface area contributed by atoms with Crippen LogP contribution in [0.25, 0.3) is 128 Å². The molecule has 3 aliphatic heterocycles. The number of hydrogen-bond acceptors (Lipinski definition) is 14. The van der Waals surface area contributed by atoms with Crippen LogP contribution in [0.15, 0.2) is 329 Å². The summed E-state index contributed by atoms with van der Waals surface area (Å²) in [4.78, 5) is 19.0. The number of nitrogens with zero attached hydrogens (tertiary/aromatic N) is 4. The first-order chi connectivity index (χ1) is 60.3. The first-order valence-electron chi connectivity index (χ1n) is 41.1. The topological polar surface area (TPSA) is 136 Å². The zero-order valence-corrected chi connectivity index (χ0v) is 80.2. The molecule has 0 spiro atoms. The van der Waals surface area contributed by atoms with Gasteiger partial charge in [-0.2, -0.15) is 0 Å². The summed E-state index contributed by atoms with van der Waals surface area (Å²) in [5, 5.41) is 23.1. The summed E-state index contributed by atoms with van der Waals surface area (Å²) in [6, 6.07) is 108. The van der Waals surface area contributed by atoms with Crippen LogP contribution < -0.4 is 10.1 Å². The molecule has 12 nitrogen and oxygen atoms in total. The molecule has 24 heteroatoms. The Morgan fingerprint density at radius 1 is 0.317 bits per heavy atom. The van der Waals surface area contributed by atoms with Gasteiger partial charge in [-0.3, -0.25) is 0 Å². The molecule has 3 fully saturated rings. The van der Waals surface area contributed by atoms with Gasteiger partial charge in [0.2, 0.25) is 10.6 Å². The number of benzene rings is 14. The van der Waals surface area contributed by atoms with E-state index < -0.39 is 14.0 Å². The Morgan fingerprint density at radius 3 is 1.03 bits per heavy atom. The summed E-state index contributed by atoms with van der Waals surface area (Å²) < 4.78 is 46.5. The van der Waals surface area contributed by atoms with Crippen LogP contribution in [-0.4, -0.2) is 87.4 Å². The van der Waals surface area contributed by atoms with Gasteiger partial charge in [-0.1, -0.05) is 290 Å². The lowest BCUT2D eigenvalue weighted by Gasteiger charge is -2.32. The van der Waals surface area contributed by atoms with Gasteiger partial charge in [0.1, 0.15) is 14.8 Å². The molecule has 1 radical (unpaired) electrons. The average Bonchev–Trinajstić information content (AvgIpc) is 1.59. The second kappa shape index (κ2) is 39.0. The minimum atomic E-state index is -0.476. The standard InChI is InChI=1S/C26H15ClN2S.C22H23BO2.C16H11Br.C12H24B2O4.C10H6Br2.C10H4Cl2N2S.C6H6BO2/c27-26-28-24(23-21-8-4-5-9-22(21)30-25(23)29-26)20-13-12-18-14-17(10-11-19(18)15-20)16-6-2-1-3-7-16;1-21(2)22(3,4)25-23(24-21)20-13-12-18-14-17(10-11-19(18)15-20)16-8-6-5-7-9-16;17-16-9-8-14-10-13(6-7-15(14)11-16)12-4-2-1-3-5-12;1-9(2)10(3,4)16-13(15-9)14-17-11(5,6)12(7,8)18-14;11-9-3-1-7-5-10(12)4-2-8(7)6-9;11-8-7-5-3-1-2-4-6(5)15-9(7)14-10(12)13-8;8-7-9-6-4-2-1-3-5-6/h1-15H;5-15H,1-4H3;1-11H;1-8H3;1-6H;1-4H;1-5,8H. The number of rotatable bonds is 8. The van der Waals surface area contributed by atoms with E-state index in [1.165, 1.54) is 86.6 Å². The molecule has 0 saturated carbocycles. The van der Waals surface area contributed by atoms with Gasteiger partial charge in [-0.05, 0) is 273 Å². The van der Waals surface area contributed by atoms with Crippen molar-refractivity contribution in [1.29, 1.82) is 0 Å². The summed E-state index contributed by atoms with van der Waals surface area (Å²) >= 11 is 31.7.